The van der Waals surface area contributed by atoms with Crippen LogP contribution in [0.3, 0.4) is 0 Å². The van der Waals surface area contributed by atoms with E-state index in [9.17, 15) is 0 Å². The number of hydrogen-bond donors (Lipinski definition) is 1. The maximum absolute atomic E-state index is 6.69. The van der Waals surface area contributed by atoms with Crippen LogP contribution >= 0.6 is 0 Å². The van der Waals surface area contributed by atoms with Crippen LogP contribution in [0.5, 0.6) is 0 Å². The topological polar surface area (TPSA) is 16.4 Å². The van der Waals surface area contributed by atoms with Gasteiger partial charge >= 0.3 is 0 Å². The molecule has 0 aromatic heterocycles. The van der Waals surface area contributed by atoms with Gasteiger partial charge in [-0.3, -0.25) is 0 Å². The van der Waals surface area contributed by atoms with Crippen molar-refractivity contribution in [2.24, 2.45) is 0 Å². The normalized spacial score (nSPS) is 10.5. The molecule has 0 aliphatic carbocycles. The zero-order valence-corrected chi connectivity index (χ0v) is 6.91. The molecular weight excluding hydrogens is 148 g/mol. The Morgan fingerprint density at radius 3 is 2.58 bits per heavy atom. The Hall–Kier alpha value is -1.75. The van der Waals surface area contributed by atoms with Gasteiger partial charge in [0.25, 0.3) is 0 Å². The summed E-state index contributed by atoms with van der Waals surface area (Å²) < 4.78 is 0. The van der Waals surface area contributed by atoms with Crippen LogP contribution in [-0.4, -0.2) is 7.05 Å². The van der Waals surface area contributed by atoms with Crippen LogP contribution in [0.1, 0.15) is 5.56 Å². The van der Waals surface area contributed by atoms with E-state index in [0.29, 0.717) is 0 Å². The number of nitrogens with zero attached hydrogens (tertiary/aromatic N) is 1. The summed E-state index contributed by atoms with van der Waals surface area (Å²) in [7, 11) is 1.81. The summed E-state index contributed by atoms with van der Waals surface area (Å²) in [5.74, 6) is 0. The fourth-order valence-corrected chi connectivity index (χ4v) is 0.966. The minimum Gasteiger partial charge on any atom is -0.397 e. The summed E-state index contributed by atoms with van der Waals surface area (Å²) in [5, 5.41) is 2.97. The van der Waals surface area contributed by atoms with Crippen LogP contribution in [-0.2, 0) is 0 Å². The second-order valence-electron chi connectivity index (χ2n) is 2.29. The molecule has 0 radical (unpaired) electrons. The third kappa shape index (κ3) is 1.86. The lowest BCUT2D eigenvalue weighted by molar-refractivity contribution is 1.13. The molecule has 1 rings (SSSR count). The fraction of sp³-hybridized carbons (Fsp3) is 0.100. The van der Waals surface area contributed by atoms with E-state index in [4.69, 9.17) is 6.57 Å². The van der Waals surface area contributed by atoms with Gasteiger partial charge in [-0.05, 0) is 5.56 Å². The third-order valence-corrected chi connectivity index (χ3v) is 1.55. The lowest BCUT2D eigenvalue weighted by Gasteiger charge is -2.04. The molecule has 0 bridgehead atoms. The minimum absolute atomic E-state index is 0.852. The molecule has 0 fully saturated rings. The molecule has 0 saturated carbocycles. The third-order valence-electron chi connectivity index (χ3n) is 1.55. The van der Waals surface area contributed by atoms with Crippen molar-refractivity contribution in [3.63, 3.8) is 0 Å². The van der Waals surface area contributed by atoms with E-state index in [1.807, 2.05) is 37.4 Å². The van der Waals surface area contributed by atoms with Gasteiger partial charge in [-0.1, -0.05) is 30.3 Å². The average Bonchev–Trinajstić information content (AvgIpc) is 2.15. The predicted molar refractivity (Wildman–Crippen MR) is 50.1 cm³/mol. The van der Waals surface area contributed by atoms with E-state index in [-0.39, 0.29) is 0 Å². The Morgan fingerprint density at radius 1 is 1.42 bits per heavy atom. The summed E-state index contributed by atoms with van der Waals surface area (Å²) in [6.07, 6.45) is 1.48. The summed E-state index contributed by atoms with van der Waals surface area (Å²) in [6, 6.07) is 9.78. The van der Waals surface area contributed by atoms with E-state index in [1.165, 1.54) is 6.20 Å². The first-order valence-electron chi connectivity index (χ1n) is 3.68. The Bertz CT molecular complexity index is 306. The predicted octanol–water partition coefficient (Wildman–Crippen LogP) is 2.12. The maximum atomic E-state index is 6.69. The molecule has 0 atom stereocenters. The molecular formula is C10H10N2. The van der Waals surface area contributed by atoms with Crippen LogP contribution in [0.25, 0.3) is 10.5 Å². The van der Waals surface area contributed by atoms with Gasteiger partial charge in [-0.15, -0.1) is 0 Å². The van der Waals surface area contributed by atoms with Gasteiger partial charge in [-0.25, -0.2) is 4.85 Å². The van der Waals surface area contributed by atoms with Crippen molar-refractivity contribution in [2.75, 3.05) is 7.05 Å². The van der Waals surface area contributed by atoms with Gasteiger partial charge in [0.15, 0.2) is 6.20 Å². The molecule has 2 heteroatoms. The summed E-state index contributed by atoms with van der Waals surface area (Å²) in [5.41, 5.74) is 1.89. The number of nitrogens with one attached hydrogen (secondary N) is 1. The smallest absolute Gasteiger partial charge is 0.177 e. The van der Waals surface area contributed by atoms with Crippen molar-refractivity contribution >= 4 is 5.70 Å². The second kappa shape index (κ2) is 4.20. The number of benzene rings is 1. The van der Waals surface area contributed by atoms with Gasteiger partial charge in [0.2, 0.25) is 0 Å². The Kier molecular flexibility index (Phi) is 2.92. The second-order valence-corrected chi connectivity index (χ2v) is 2.29. The Balaban J connectivity index is 2.98. The van der Waals surface area contributed by atoms with E-state index < -0.39 is 0 Å². The Labute approximate surface area is 72.4 Å². The summed E-state index contributed by atoms with van der Waals surface area (Å²) >= 11 is 0. The molecule has 2 nitrogen and oxygen atoms in total. The largest absolute Gasteiger partial charge is 0.397 e. The Morgan fingerprint density at radius 2 is 2.08 bits per heavy atom. The highest BCUT2D eigenvalue weighted by Gasteiger charge is 1.94. The lowest BCUT2D eigenvalue weighted by Crippen LogP contribution is -2.03. The number of hydrogen-bond acceptors (Lipinski definition) is 1. The van der Waals surface area contributed by atoms with E-state index in [0.717, 1.165) is 11.3 Å². The standard InChI is InChI=1S/C10H10N2/c1-11-8-10(12-2)9-6-4-3-5-7-9/h3-8,12H,2H3/b10-8-. The van der Waals surface area contributed by atoms with Crippen molar-refractivity contribution < 1.29 is 0 Å². The zero-order chi connectivity index (χ0) is 8.81. The van der Waals surface area contributed by atoms with Crippen LogP contribution in [0.15, 0.2) is 36.5 Å². The zero-order valence-electron chi connectivity index (χ0n) is 6.91. The molecule has 0 saturated heterocycles. The monoisotopic (exact) mass is 158 g/mol. The molecule has 0 unspecified atom stereocenters. The molecule has 0 aliphatic rings. The lowest BCUT2D eigenvalue weighted by atomic mass is 10.2. The fourth-order valence-electron chi connectivity index (χ4n) is 0.966. The first-order valence-corrected chi connectivity index (χ1v) is 3.68. The maximum Gasteiger partial charge on any atom is 0.177 e. The van der Waals surface area contributed by atoms with Crippen molar-refractivity contribution in [3.8, 4) is 0 Å². The van der Waals surface area contributed by atoms with Crippen molar-refractivity contribution in [1.82, 2.24) is 5.32 Å². The summed E-state index contributed by atoms with van der Waals surface area (Å²) in [4.78, 5) is 3.21. The molecule has 0 aliphatic heterocycles. The van der Waals surface area contributed by atoms with E-state index in [1.54, 1.807) is 0 Å². The van der Waals surface area contributed by atoms with E-state index >= 15 is 0 Å². The van der Waals surface area contributed by atoms with Gasteiger partial charge in [0.05, 0.1) is 6.57 Å². The molecule has 1 N–H and O–H groups in total. The van der Waals surface area contributed by atoms with E-state index in [2.05, 4.69) is 10.2 Å². The van der Waals surface area contributed by atoms with Crippen LogP contribution in [0, 0.1) is 6.57 Å². The van der Waals surface area contributed by atoms with Crippen LogP contribution < -0.4 is 5.32 Å². The SMILES string of the molecule is [C-]#[N+]/C=C(\NC)c1ccccc1. The highest BCUT2D eigenvalue weighted by atomic mass is 14.8. The van der Waals surface area contributed by atoms with Crippen molar-refractivity contribution in [1.29, 1.82) is 0 Å². The molecule has 0 amide bonds. The first kappa shape index (κ1) is 8.35. The molecule has 0 heterocycles. The van der Waals surface area contributed by atoms with Crippen LogP contribution in [0.2, 0.25) is 0 Å². The van der Waals surface area contributed by atoms with Crippen molar-refractivity contribution in [3.05, 3.63) is 53.5 Å². The van der Waals surface area contributed by atoms with Crippen LogP contribution in [0.4, 0.5) is 0 Å². The average molecular weight is 158 g/mol. The summed E-state index contributed by atoms with van der Waals surface area (Å²) in [6.45, 7) is 6.69. The molecule has 0 spiro atoms. The first-order chi connectivity index (χ1) is 5.88. The van der Waals surface area contributed by atoms with Gasteiger partial charge in [-0.2, -0.15) is 0 Å². The van der Waals surface area contributed by atoms with Gasteiger partial charge < -0.3 is 5.32 Å². The highest BCUT2D eigenvalue weighted by Crippen LogP contribution is 2.09. The molecule has 1 aromatic carbocycles. The van der Waals surface area contributed by atoms with Gasteiger partial charge in [0, 0.05) is 12.7 Å². The van der Waals surface area contributed by atoms with Gasteiger partial charge in [0.1, 0.15) is 0 Å². The molecule has 60 valence electrons. The highest BCUT2D eigenvalue weighted by molar-refractivity contribution is 5.64. The number of rotatable bonds is 2. The molecule has 12 heavy (non-hydrogen) atoms. The van der Waals surface area contributed by atoms with Crippen molar-refractivity contribution in [2.45, 2.75) is 0 Å². The molecule has 1 aromatic rings. The minimum atomic E-state index is 0.852. The quantitative estimate of drug-likeness (QED) is 0.652.